The van der Waals surface area contributed by atoms with E-state index in [1.807, 2.05) is 11.8 Å². The Labute approximate surface area is 117 Å². The van der Waals surface area contributed by atoms with Crippen LogP contribution < -0.4 is 10.1 Å². The Bertz CT molecular complexity index is 480. The predicted octanol–water partition coefficient (Wildman–Crippen LogP) is 1.04. The average Bonchev–Trinajstić information content (AvgIpc) is 2.35. The first kappa shape index (κ1) is 14.3. The number of hydrogen-bond donors (Lipinski definition) is 2. The number of amides is 1. The lowest BCUT2D eigenvalue weighted by Gasteiger charge is -2.35. The number of benzene rings is 1. The Morgan fingerprint density at radius 1 is 1.35 bits per heavy atom. The van der Waals surface area contributed by atoms with Gasteiger partial charge in [0.05, 0.1) is 19.1 Å². The van der Waals surface area contributed by atoms with Crippen LogP contribution in [-0.4, -0.2) is 48.1 Å². The van der Waals surface area contributed by atoms with Crippen molar-refractivity contribution >= 4 is 17.6 Å². The zero-order chi connectivity index (χ0) is 14.5. The van der Waals surface area contributed by atoms with Crippen molar-refractivity contribution < 1.29 is 19.4 Å². The van der Waals surface area contributed by atoms with Crippen molar-refractivity contribution in [1.82, 2.24) is 4.90 Å². The van der Waals surface area contributed by atoms with Crippen molar-refractivity contribution in [2.75, 3.05) is 31.6 Å². The molecule has 20 heavy (non-hydrogen) atoms. The van der Waals surface area contributed by atoms with Crippen LogP contribution in [-0.2, 0) is 9.59 Å². The first-order chi connectivity index (χ1) is 9.58. The van der Waals surface area contributed by atoms with Gasteiger partial charge in [-0.3, -0.25) is 14.5 Å². The van der Waals surface area contributed by atoms with E-state index in [1.165, 1.54) is 0 Å². The Kier molecular flexibility index (Phi) is 4.57. The third-order valence-corrected chi connectivity index (χ3v) is 3.12. The Morgan fingerprint density at radius 2 is 2.00 bits per heavy atom. The molecule has 0 bridgehead atoms. The summed E-state index contributed by atoms with van der Waals surface area (Å²) in [4.78, 5) is 24.2. The number of carboxylic acids is 1. The molecule has 0 aliphatic carbocycles. The second kappa shape index (κ2) is 6.38. The molecular formula is C14H18N2O4. The van der Waals surface area contributed by atoms with Gasteiger partial charge in [-0.05, 0) is 31.2 Å². The lowest BCUT2D eigenvalue weighted by atomic mass is 10.0. The van der Waals surface area contributed by atoms with Crippen LogP contribution in [0.25, 0.3) is 0 Å². The van der Waals surface area contributed by atoms with Gasteiger partial charge in [0, 0.05) is 18.8 Å². The third-order valence-electron chi connectivity index (χ3n) is 3.12. The third kappa shape index (κ3) is 3.71. The van der Waals surface area contributed by atoms with Crippen LogP contribution in [0.5, 0.6) is 5.75 Å². The van der Waals surface area contributed by atoms with Crippen molar-refractivity contribution in [1.29, 1.82) is 0 Å². The normalized spacial score (nSPS) is 15.4. The Morgan fingerprint density at radius 3 is 2.55 bits per heavy atom. The van der Waals surface area contributed by atoms with E-state index in [1.54, 1.807) is 24.3 Å². The van der Waals surface area contributed by atoms with Gasteiger partial charge < -0.3 is 15.2 Å². The Hall–Kier alpha value is -2.08. The van der Waals surface area contributed by atoms with Crippen molar-refractivity contribution in [3.8, 4) is 5.75 Å². The van der Waals surface area contributed by atoms with Gasteiger partial charge in [0.2, 0.25) is 5.91 Å². The highest BCUT2D eigenvalue weighted by Crippen LogP contribution is 2.17. The second-order valence-electron chi connectivity index (χ2n) is 4.73. The summed E-state index contributed by atoms with van der Waals surface area (Å²) in [6.45, 7) is 3.60. The minimum Gasteiger partial charge on any atom is -0.494 e. The number of carboxylic acid groups (broad SMARTS) is 1. The van der Waals surface area contributed by atoms with Gasteiger partial charge in [-0.25, -0.2) is 0 Å². The molecule has 0 aromatic heterocycles. The number of nitrogens with zero attached hydrogens (tertiary/aromatic N) is 1. The van der Waals surface area contributed by atoms with E-state index in [4.69, 9.17) is 9.84 Å². The van der Waals surface area contributed by atoms with Gasteiger partial charge in [-0.2, -0.15) is 0 Å². The van der Waals surface area contributed by atoms with E-state index in [0.29, 0.717) is 25.4 Å². The number of likely N-dealkylation sites (tertiary alicyclic amines) is 1. The van der Waals surface area contributed by atoms with Crippen LogP contribution >= 0.6 is 0 Å². The van der Waals surface area contributed by atoms with E-state index in [9.17, 15) is 9.59 Å². The SMILES string of the molecule is CCOc1ccc(NC(=O)CN2CC(C(=O)O)C2)cc1. The monoisotopic (exact) mass is 278 g/mol. The summed E-state index contributed by atoms with van der Waals surface area (Å²) < 4.78 is 5.31. The largest absolute Gasteiger partial charge is 0.494 e. The lowest BCUT2D eigenvalue weighted by Crippen LogP contribution is -2.52. The summed E-state index contributed by atoms with van der Waals surface area (Å²) in [5.41, 5.74) is 0.703. The molecule has 0 spiro atoms. The van der Waals surface area contributed by atoms with Gasteiger partial charge >= 0.3 is 5.97 Å². The van der Waals surface area contributed by atoms with Gasteiger partial charge in [-0.15, -0.1) is 0 Å². The first-order valence-electron chi connectivity index (χ1n) is 6.56. The fourth-order valence-electron chi connectivity index (χ4n) is 2.06. The first-order valence-corrected chi connectivity index (χ1v) is 6.56. The molecule has 2 rings (SSSR count). The maximum absolute atomic E-state index is 11.8. The van der Waals surface area contributed by atoms with E-state index < -0.39 is 5.97 Å². The number of nitrogens with one attached hydrogen (secondary N) is 1. The number of carbonyl (C=O) groups is 2. The van der Waals surface area contributed by atoms with Crippen LogP contribution in [0, 0.1) is 5.92 Å². The molecule has 1 saturated heterocycles. The van der Waals surface area contributed by atoms with Crippen LogP contribution in [0.3, 0.4) is 0 Å². The van der Waals surface area contributed by atoms with Crippen molar-refractivity contribution in [2.45, 2.75) is 6.92 Å². The van der Waals surface area contributed by atoms with Gasteiger partial charge in [-0.1, -0.05) is 0 Å². The molecule has 6 heteroatoms. The highest BCUT2D eigenvalue weighted by molar-refractivity contribution is 5.92. The molecule has 1 aliphatic heterocycles. The molecule has 1 aliphatic rings. The van der Waals surface area contributed by atoms with E-state index >= 15 is 0 Å². The van der Waals surface area contributed by atoms with Gasteiger partial charge in [0.25, 0.3) is 0 Å². The number of ether oxygens (including phenoxy) is 1. The zero-order valence-corrected chi connectivity index (χ0v) is 11.3. The summed E-state index contributed by atoms with van der Waals surface area (Å²) in [5.74, 6) is -0.517. The molecule has 0 saturated carbocycles. The van der Waals surface area contributed by atoms with Crippen molar-refractivity contribution in [3.63, 3.8) is 0 Å². The molecule has 1 amide bonds. The molecule has 6 nitrogen and oxygen atoms in total. The number of aliphatic carboxylic acids is 1. The molecule has 1 heterocycles. The van der Waals surface area contributed by atoms with E-state index in [0.717, 1.165) is 5.75 Å². The van der Waals surface area contributed by atoms with Crippen LogP contribution in [0.15, 0.2) is 24.3 Å². The standard InChI is InChI=1S/C14H18N2O4/c1-2-20-12-5-3-11(4-6-12)15-13(17)9-16-7-10(8-16)14(18)19/h3-6,10H,2,7-9H2,1H3,(H,15,17)(H,18,19). The Balaban J connectivity index is 1.76. The fourth-order valence-corrected chi connectivity index (χ4v) is 2.06. The van der Waals surface area contributed by atoms with Gasteiger partial charge in [0.15, 0.2) is 0 Å². The summed E-state index contributed by atoms with van der Waals surface area (Å²) in [5, 5.41) is 11.5. The van der Waals surface area contributed by atoms with E-state index in [-0.39, 0.29) is 18.4 Å². The maximum Gasteiger partial charge on any atom is 0.309 e. The molecule has 0 atom stereocenters. The van der Waals surface area contributed by atoms with Crippen molar-refractivity contribution in [3.05, 3.63) is 24.3 Å². The minimum absolute atomic E-state index is 0.141. The molecule has 0 radical (unpaired) electrons. The molecule has 108 valence electrons. The minimum atomic E-state index is -0.798. The topological polar surface area (TPSA) is 78.9 Å². The number of rotatable bonds is 6. The van der Waals surface area contributed by atoms with E-state index in [2.05, 4.69) is 5.32 Å². The number of hydrogen-bond acceptors (Lipinski definition) is 4. The number of anilines is 1. The molecule has 1 aromatic carbocycles. The molecule has 2 N–H and O–H groups in total. The summed E-state index contributed by atoms with van der Waals surface area (Å²) in [7, 11) is 0. The molecule has 1 aromatic rings. The van der Waals surface area contributed by atoms with Crippen LogP contribution in [0.2, 0.25) is 0 Å². The maximum atomic E-state index is 11.8. The highest BCUT2D eigenvalue weighted by Gasteiger charge is 2.33. The molecule has 1 fully saturated rings. The molecular weight excluding hydrogens is 260 g/mol. The summed E-state index contributed by atoms with van der Waals surface area (Å²) in [6, 6.07) is 7.14. The van der Waals surface area contributed by atoms with Gasteiger partial charge in [0.1, 0.15) is 5.75 Å². The summed E-state index contributed by atoms with van der Waals surface area (Å²) >= 11 is 0. The molecule has 0 unspecified atom stereocenters. The van der Waals surface area contributed by atoms with Crippen molar-refractivity contribution in [2.24, 2.45) is 5.92 Å². The fraction of sp³-hybridized carbons (Fsp3) is 0.429. The number of carbonyl (C=O) groups excluding carboxylic acids is 1. The zero-order valence-electron chi connectivity index (χ0n) is 11.3. The van der Waals surface area contributed by atoms with Crippen LogP contribution in [0.1, 0.15) is 6.92 Å². The lowest BCUT2D eigenvalue weighted by molar-refractivity contribution is -0.148. The predicted molar refractivity (Wildman–Crippen MR) is 73.8 cm³/mol. The smallest absolute Gasteiger partial charge is 0.309 e. The van der Waals surface area contributed by atoms with Crippen LogP contribution in [0.4, 0.5) is 5.69 Å². The quantitative estimate of drug-likeness (QED) is 0.813. The average molecular weight is 278 g/mol. The highest BCUT2D eigenvalue weighted by atomic mass is 16.5. The summed E-state index contributed by atoms with van der Waals surface area (Å²) in [6.07, 6.45) is 0. The second-order valence-corrected chi connectivity index (χ2v) is 4.73.